The highest BCUT2D eigenvalue weighted by Gasteiger charge is 2.43. The zero-order valence-electron chi connectivity index (χ0n) is 9.50. The van der Waals surface area contributed by atoms with E-state index in [1.165, 1.54) is 0 Å². The van der Waals surface area contributed by atoms with Crippen LogP contribution in [0.1, 0.15) is 40.5 Å². The van der Waals surface area contributed by atoms with Gasteiger partial charge in [-0.15, -0.1) is 0 Å². The summed E-state index contributed by atoms with van der Waals surface area (Å²) < 4.78 is 17.2. The average Bonchev–Trinajstić information content (AvgIpc) is 2.54. The van der Waals surface area contributed by atoms with Gasteiger partial charge in [0, 0.05) is 0 Å². The molecule has 0 radical (unpaired) electrons. The molecule has 0 spiro atoms. The molecule has 3 nitrogen and oxygen atoms in total. The number of rotatable bonds is 1. The quantitative estimate of drug-likeness (QED) is 0.648. The highest BCUT2D eigenvalue weighted by atomic mass is 16.7. The molecule has 2 saturated heterocycles. The van der Waals surface area contributed by atoms with Gasteiger partial charge in [0.2, 0.25) is 0 Å². The van der Waals surface area contributed by atoms with Gasteiger partial charge in [-0.25, -0.2) is 0 Å². The minimum absolute atomic E-state index is 0.0146. The minimum atomic E-state index is -0.430. The Morgan fingerprint density at radius 3 is 2.14 bits per heavy atom. The Hall–Kier alpha value is -0.120. The first kappa shape index (κ1) is 10.4. The van der Waals surface area contributed by atoms with E-state index in [4.69, 9.17) is 14.2 Å². The second-order valence-electron chi connectivity index (χ2n) is 5.32. The van der Waals surface area contributed by atoms with Crippen molar-refractivity contribution in [2.24, 2.45) is 0 Å². The van der Waals surface area contributed by atoms with E-state index in [-0.39, 0.29) is 17.8 Å². The van der Waals surface area contributed by atoms with E-state index in [1.807, 2.05) is 13.8 Å². The van der Waals surface area contributed by atoms with Crippen LogP contribution in [0.5, 0.6) is 0 Å². The van der Waals surface area contributed by atoms with Gasteiger partial charge in [-0.2, -0.15) is 0 Å². The zero-order valence-corrected chi connectivity index (χ0v) is 9.50. The molecule has 2 aliphatic heterocycles. The lowest BCUT2D eigenvalue weighted by Crippen LogP contribution is -2.32. The highest BCUT2D eigenvalue weighted by molar-refractivity contribution is 4.88. The molecule has 3 heteroatoms. The third kappa shape index (κ3) is 2.10. The predicted molar refractivity (Wildman–Crippen MR) is 53.1 cm³/mol. The van der Waals surface area contributed by atoms with Crippen molar-refractivity contribution in [1.29, 1.82) is 0 Å². The van der Waals surface area contributed by atoms with E-state index in [9.17, 15) is 0 Å². The Balaban J connectivity index is 1.93. The average molecular weight is 200 g/mol. The summed E-state index contributed by atoms with van der Waals surface area (Å²) >= 11 is 0. The molecule has 2 fully saturated rings. The van der Waals surface area contributed by atoms with Gasteiger partial charge in [-0.1, -0.05) is 0 Å². The Morgan fingerprint density at radius 2 is 1.71 bits per heavy atom. The van der Waals surface area contributed by atoms with Crippen molar-refractivity contribution in [3.8, 4) is 0 Å². The first-order valence-corrected chi connectivity index (χ1v) is 5.38. The molecule has 2 aliphatic rings. The molecule has 0 aromatic carbocycles. The third-order valence-electron chi connectivity index (χ3n) is 2.95. The van der Waals surface area contributed by atoms with Gasteiger partial charge in [0.15, 0.2) is 5.79 Å². The zero-order chi connectivity index (χ0) is 10.4. The molecule has 2 heterocycles. The molecule has 0 saturated carbocycles. The maximum Gasteiger partial charge on any atom is 0.163 e. The molecular formula is C11H20O3. The van der Waals surface area contributed by atoms with Crippen molar-refractivity contribution in [3.63, 3.8) is 0 Å². The third-order valence-corrected chi connectivity index (χ3v) is 2.95. The van der Waals surface area contributed by atoms with Crippen molar-refractivity contribution in [1.82, 2.24) is 0 Å². The maximum atomic E-state index is 5.92. The summed E-state index contributed by atoms with van der Waals surface area (Å²) in [6, 6.07) is 0. The Bertz CT molecular complexity index is 199. The van der Waals surface area contributed by atoms with Crippen molar-refractivity contribution in [2.45, 2.75) is 64.1 Å². The normalized spacial score (nSPS) is 40.3. The summed E-state index contributed by atoms with van der Waals surface area (Å²) in [5.41, 5.74) is 0.0146. The number of hydrogen-bond donors (Lipinski definition) is 0. The van der Waals surface area contributed by atoms with E-state index in [2.05, 4.69) is 13.8 Å². The summed E-state index contributed by atoms with van der Waals surface area (Å²) in [7, 11) is 0. The standard InChI is InChI=1S/C11H20O3/c1-10(2)6-5-8(13-10)9-7-12-11(3,4)14-9/h8-9H,5-7H2,1-4H3/t8-,9?/m1/s1. The molecule has 0 N–H and O–H groups in total. The van der Waals surface area contributed by atoms with Gasteiger partial charge in [0.1, 0.15) is 6.10 Å². The first-order valence-electron chi connectivity index (χ1n) is 5.38. The Morgan fingerprint density at radius 1 is 1.00 bits per heavy atom. The van der Waals surface area contributed by atoms with Gasteiger partial charge >= 0.3 is 0 Å². The Labute approximate surface area is 85.7 Å². The summed E-state index contributed by atoms with van der Waals surface area (Å²) in [6.45, 7) is 8.83. The van der Waals surface area contributed by atoms with E-state index in [1.54, 1.807) is 0 Å². The van der Waals surface area contributed by atoms with Crippen LogP contribution in [0.15, 0.2) is 0 Å². The van der Waals surface area contributed by atoms with Crippen LogP contribution >= 0.6 is 0 Å². The van der Waals surface area contributed by atoms with Crippen LogP contribution in [0.4, 0.5) is 0 Å². The molecular weight excluding hydrogens is 180 g/mol. The van der Waals surface area contributed by atoms with Crippen molar-refractivity contribution in [2.75, 3.05) is 6.61 Å². The molecule has 0 aromatic rings. The largest absolute Gasteiger partial charge is 0.370 e. The van der Waals surface area contributed by atoms with Crippen LogP contribution < -0.4 is 0 Å². The fraction of sp³-hybridized carbons (Fsp3) is 1.00. The molecule has 0 bridgehead atoms. The second-order valence-corrected chi connectivity index (χ2v) is 5.32. The van der Waals surface area contributed by atoms with Gasteiger partial charge in [-0.05, 0) is 40.5 Å². The summed E-state index contributed by atoms with van der Waals surface area (Å²) in [6.07, 6.45) is 2.52. The van der Waals surface area contributed by atoms with Crippen LogP contribution in [-0.4, -0.2) is 30.2 Å². The Kier molecular flexibility index (Phi) is 2.37. The fourth-order valence-electron chi connectivity index (χ4n) is 2.18. The monoisotopic (exact) mass is 200 g/mol. The summed E-state index contributed by atoms with van der Waals surface area (Å²) in [5.74, 6) is -0.430. The minimum Gasteiger partial charge on any atom is -0.370 e. The van der Waals surface area contributed by atoms with Gasteiger partial charge in [0.05, 0.1) is 18.3 Å². The van der Waals surface area contributed by atoms with Crippen LogP contribution in [-0.2, 0) is 14.2 Å². The van der Waals surface area contributed by atoms with Crippen LogP contribution in [0.3, 0.4) is 0 Å². The van der Waals surface area contributed by atoms with Gasteiger partial charge in [0.25, 0.3) is 0 Å². The van der Waals surface area contributed by atoms with Crippen LogP contribution in [0, 0.1) is 0 Å². The summed E-state index contributed by atoms with van der Waals surface area (Å²) in [5, 5.41) is 0. The smallest absolute Gasteiger partial charge is 0.163 e. The molecule has 2 rings (SSSR count). The SMILES string of the molecule is CC1(C)CC[C@H](C2COC(C)(C)O2)O1. The van der Waals surface area contributed by atoms with Crippen molar-refractivity contribution in [3.05, 3.63) is 0 Å². The molecule has 0 amide bonds. The van der Waals surface area contributed by atoms with E-state index in [0.29, 0.717) is 6.61 Å². The molecule has 82 valence electrons. The van der Waals surface area contributed by atoms with Gasteiger partial charge in [-0.3, -0.25) is 0 Å². The maximum absolute atomic E-state index is 5.92. The topological polar surface area (TPSA) is 27.7 Å². The van der Waals surface area contributed by atoms with Gasteiger partial charge < -0.3 is 14.2 Å². The lowest BCUT2D eigenvalue weighted by Gasteiger charge is -2.23. The predicted octanol–water partition coefficient (Wildman–Crippen LogP) is 2.10. The van der Waals surface area contributed by atoms with Crippen molar-refractivity contribution >= 4 is 0 Å². The summed E-state index contributed by atoms with van der Waals surface area (Å²) in [4.78, 5) is 0. The van der Waals surface area contributed by atoms with E-state index in [0.717, 1.165) is 12.8 Å². The lowest BCUT2D eigenvalue weighted by molar-refractivity contribution is -0.159. The van der Waals surface area contributed by atoms with E-state index >= 15 is 0 Å². The van der Waals surface area contributed by atoms with E-state index < -0.39 is 5.79 Å². The van der Waals surface area contributed by atoms with Crippen molar-refractivity contribution < 1.29 is 14.2 Å². The molecule has 0 aromatic heterocycles. The molecule has 0 aliphatic carbocycles. The number of hydrogen-bond acceptors (Lipinski definition) is 3. The highest BCUT2D eigenvalue weighted by Crippen LogP contribution is 2.35. The van der Waals surface area contributed by atoms with Crippen LogP contribution in [0.2, 0.25) is 0 Å². The lowest BCUT2D eigenvalue weighted by atomic mass is 10.0. The fourth-order valence-corrected chi connectivity index (χ4v) is 2.18. The number of ether oxygens (including phenoxy) is 3. The molecule has 14 heavy (non-hydrogen) atoms. The second kappa shape index (κ2) is 3.19. The molecule has 1 unspecified atom stereocenters. The first-order chi connectivity index (χ1) is 6.38. The van der Waals surface area contributed by atoms with Crippen LogP contribution in [0.25, 0.3) is 0 Å². The molecule has 2 atom stereocenters.